The maximum Gasteiger partial charge on any atom is 0.237 e. The van der Waals surface area contributed by atoms with Crippen molar-refractivity contribution in [1.29, 1.82) is 0 Å². The first-order valence-corrected chi connectivity index (χ1v) is 7.28. The van der Waals surface area contributed by atoms with Crippen LogP contribution in [0.3, 0.4) is 0 Å². The highest BCUT2D eigenvalue weighted by Gasteiger charge is 2.23. The number of nitrogens with zero attached hydrogens (tertiary/aromatic N) is 1. The highest BCUT2D eigenvalue weighted by Crippen LogP contribution is 2.15. The number of nitrogens with one attached hydrogen (secondary N) is 1. The predicted molar refractivity (Wildman–Crippen MR) is 85.1 cm³/mol. The highest BCUT2D eigenvalue weighted by molar-refractivity contribution is 5.85. The molecule has 1 amide bonds. The molecule has 0 bridgehead atoms. The lowest BCUT2D eigenvalue weighted by Crippen LogP contribution is -2.47. The summed E-state index contributed by atoms with van der Waals surface area (Å²) in [6.45, 7) is 6.15. The maximum atomic E-state index is 12.3. The molecule has 20 heavy (non-hydrogen) atoms. The van der Waals surface area contributed by atoms with Gasteiger partial charge in [-0.2, -0.15) is 0 Å². The average Bonchev–Trinajstić information content (AvgIpc) is 2.48. The van der Waals surface area contributed by atoms with Crippen molar-refractivity contribution >= 4 is 18.3 Å². The molecule has 2 atom stereocenters. The Balaban J connectivity index is 0.00000200. The van der Waals surface area contributed by atoms with Crippen LogP contribution in [0.2, 0.25) is 0 Å². The number of amides is 1. The van der Waals surface area contributed by atoms with Gasteiger partial charge in [-0.15, -0.1) is 12.4 Å². The van der Waals surface area contributed by atoms with E-state index in [1.54, 1.807) is 0 Å². The Bertz CT molecular complexity index is 404. The quantitative estimate of drug-likeness (QED) is 0.925. The van der Waals surface area contributed by atoms with Crippen LogP contribution < -0.4 is 5.32 Å². The zero-order chi connectivity index (χ0) is 13.7. The van der Waals surface area contributed by atoms with Crippen molar-refractivity contribution in [2.75, 3.05) is 13.1 Å². The summed E-state index contributed by atoms with van der Waals surface area (Å²) in [6, 6.07) is 10.2. The molecular formula is C16H25ClN2O. The van der Waals surface area contributed by atoms with Gasteiger partial charge in [-0.25, -0.2) is 0 Å². The van der Waals surface area contributed by atoms with Gasteiger partial charge in [-0.05, 0) is 45.3 Å². The molecule has 1 heterocycles. The Morgan fingerprint density at radius 1 is 1.10 bits per heavy atom. The van der Waals surface area contributed by atoms with Gasteiger partial charge < -0.3 is 5.32 Å². The van der Waals surface area contributed by atoms with Crippen LogP contribution in [0.15, 0.2) is 30.3 Å². The Morgan fingerprint density at radius 2 is 1.70 bits per heavy atom. The third-order valence-electron chi connectivity index (χ3n) is 3.98. The van der Waals surface area contributed by atoms with Crippen LogP contribution in [0.1, 0.15) is 44.7 Å². The molecule has 1 aromatic carbocycles. The lowest BCUT2D eigenvalue weighted by atomic mass is 10.1. The normalized spacial score (nSPS) is 18.7. The number of hydrogen-bond acceptors (Lipinski definition) is 2. The van der Waals surface area contributed by atoms with Crippen LogP contribution >= 0.6 is 12.4 Å². The van der Waals surface area contributed by atoms with E-state index in [1.807, 2.05) is 32.0 Å². The Labute approximate surface area is 128 Å². The van der Waals surface area contributed by atoms with E-state index in [2.05, 4.69) is 22.3 Å². The summed E-state index contributed by atoms with van der Waals surface area (Å²) in [6.07, 6.45) is 3.73. The number of carbonyl (C=O) groups excluding carboxylic acids is 1. The predicted octanol–water partition coefficient (Wildman–Crippen LogP) is 3.16. The van der Waals surface area contributed by atoms with E-state index in [0.29, 0.717) is 0 Å². The molecule has 0 aliphatic carbocycles. The molecule has 112 valence electrons. The first-order chi connectivity index (χ1) is 9.18. The van der Waals surface area contributed by atoms with E-state index >= 15 is 0 Å². The van der Waals surface area contributed by atoms with Crippen molar-refractivity contribution in [1.82, 2.24) is 10.2 Å². The van der Waals surface area contributed by atoms with Crippen LogP contribution in [0.4, 0.5) is 0 Å². The molecule has 0 saturated carbocycles. The van der Waals surface area contributed by atoms with Gasteiger partial charge >= 0.3 is 0 Å². The van der Waals surface area contributed by atoms with E-state index in [9.17, 15) is 4.79 Å². The van der Waals surface area contributed by atoms with E-state index in [4.69, 9.17) is 0 Å². The fourth-order valence-electron chi connectivity index (χ4n) is 2.63. The summed E-state index contributed by atoms with van der Waals surface area (Å²) in [4.78, 5) is 14.6. The fourth-order valence-corrected chi connectivity index (χ4v) is 2.63. The van der Waals surface area contributed by atoms with E-state index in [-0.39, 0.29) is 30.4 Å². The third kappa shape index (κ3) is 4.50. The topological polar surface area (TPSA) is 32.3 Å². The van der Waals surface area contributed by atoms with Gasteiger partial charge in [0.25, 0.3) is 0 Å². The second-order valence-electron chi connectivity index (χ2n) is 5.41. The van der Waals surface area contributed by atoms with Gasteiger partial charge in [-0.3, -0.25) is 9.69 Å². The monoisotopic (exact) mass is 296 g/mol. The lowest BCUT2D eigenvalue weighted by Gasteiger charge is -2.32. The summed E-state index contributed by atoms with van der Waals surface area (Å²) in [5.41, 5.74) is 1.15. The molecule has 2 unspecified atom stereocenters. The van der Waals surface area contributed by atoms with Crippen molar-refractivity contribution in [2.45, 2.75) is 45.2 Å². The molecule has 0 aromatic heterocycles. The summed E-state index contributed by atoms with van der Waals surface area (Å²) in [5.74, 6) is 0.137. The van der Waals surface area contributed by atoms with Crippen LogP contribution in [-0.4, -0.2) is 29.9 Å². The van der Waals surface area contributed by atoms with E-state index in [0.717, 1.165) is 18.7 Å². The van der Waals surface area contributed by atoms with Crippen LogP contribution in [0.25, 0.3) is 0 Å². The molecule has 0 radical (unpaired) electrons. The molecule has 1 aliphatic heterocycles. The summed E-state index contributed by atoms with van der Waals surface area (Å²) in [5, 5.41) is 3.11. The minimum atomic E-state index is -0.0218. The van der Waals surface area contributed by atoms with Crippen LogP contribution in [-0.2, 0) is 4.79 Å². The average molecular weight is 297 g/mol. The molecule has 4 heteroatoms. The van der Waals surface area contributed by atoms with Crippen molar-refractivity contribution in [3.8, 4) is 0 Å². The molecular weight excluding hydrogens is 272 g/mol. The molecule has 1 N–H and O–H groups in total. The SMILES string of the molecule is CC(NC(=O)C(C)N1CCCCC1)c1ccccc1.Cl. The van der Waals surface area contributed by atoms with Crippen molar-refractivity contribution in [2.24, 2.45) is 0 Å². The molecule has 1 aliphatic rings. The second-order valence-corrected chi connectivity index (χ2v) is 5.41. The number of benzene rings is 1. The Morgan fingerprint density at radius 3 is 2.30 bits per heavy atom. The smallest absolute Gasteiger partial charge is 0.237 e. The largest absolute Gasteiger partial charge is 0.348 e. The first-order valence-electron chi connectivity index (χ1n) is 7.28. The minimum Gasteiger partial charge on any atom is -0.348 e. The zero-order valence-corrected chi connectivity index (χ0v) is 13.2. The lowest BCUT2D eigenvalue weighted by molar-refractivity contribution is -0.126. The van der Waals surface area contributed by atoms with E-state index < -0.39 is 0 Å². The summed E-state index contributed by atoms with van der Waals surface area (Å²) in [7, 11) is 0. The Kier molecular flexibility index (Phi) is 7.03. The van der Waals surface area contributed by atoms with Crippen LogP contribution in [0, 0.1) is 0 Å². The number of piperidine rings is 1. The summed E-state index contributed by atoms with van der Waals surface area (Å²) >= 11 is 0. The minimum absolute atomic E-state index is 0. The zero-order valence-electron chi connectivity index (χ0n) is 12.3. The molecule has 1 fully saturated rings. The standard InChI is InChI=1S/C16H24N2O.ClH/c1-13(15-9-5-3-6-10-15)17-16(19)14(2)18-11-7-4-8-12-18;/h3,5-6,9-10,13-14H,4,7-8,11-12H2,1-2H3,(H,17,19);1H. The number of hydrogen-bond donors (Lipinski definition) is 1. The number of rotatable bonds is 4. The van der Waals surface area contributed by atoms with Gasteiger partial charge in [-0.1, -0.05) is 36.8 Å². The van der Waals surface area contributed by atoms with Gasteiger partial charge in [0, 0.05) is 0 Å². The highest BCUT2D eigenvalue weighted by atomic mass is 35.5. The van der Waals surface area contributed by atoms with Gasteiger partial charge in [0.2, 0.25) is 5.91 Å². The van der Waals surface area contributed by atoms with Gasteiger partial charge in [0.15, 0.2) is 0 Å². The number of likely N-dealkylation sites (tertiary alicyclic amines) is 1. The van der Waals surface area contributed by atoms with Gasteiger partial charge in [0.05, 0.1) is 12.1 Å². The van der Waals surface area contributed by atoms with Crippen molar-refractivity contribution < 1.29 is 4.79 Å². The molecule has 2 rings (SSSR count). The number of carbonyl (C=O) groups is 1. The molecule has 1 saturated heterocycles. The summed E-state index contributed by atoms with van der Waals surface area (Å²) < 4.78 is 0. The van der Waals surface area contributed by atoms with E-state index in [1.165, 1.54) is 19.3 Å². The van der Waals surface area contributed by atoms with Crippen LogP contribution in [0.5, 0.6) is 0 Å². The number of halogens is 1. The fraction of sp³-hybridized carbons (Fsp3) is 0.562. The first kappa shape index (κ1) is 17.0. The molecule has 3 nitrogen and oxygen atoms in total. The molecule has 0 spiro atoms. The third-order valence-corrected chi connectivity index (χ3v) is 3.98. The maximum absolute atomic E-state index is 12.3. The van der Waals surface area contributed by atoms with Crippen molar-refractivity contribution in [3.63, 3.8) is 0 Å². The van der Waals surface area contributed by atoms with Crippen molar-refractivity contribution in [3.05, 3.63) is 35.9 Å². The molecule has 1 aromatic rings. The Hall–Kier alpha value is -1.06. The second kappa shape index (κ2) is 8.28. The van der Waals surface area contributed by atoms with Gasteiger partial charge in [0.1, 0.15) is 0 Å².